The third-order valence-electron chi connectivity index (χ3n) is 1.63. The molecule has 1 aromatic rings. The Morgan fingerprint density at radius 2 is 2.00 bits per heavy atom. The molecule has 0 radical (unpaired) electrons. The molecule has 0 spiro atoms. The minimum atomic E-state index is -4.34. The van der Waals surface area contributed by atoms with Gasteiger partial charge in [-0.1, -0.05) is 0 Å². The number of diazo groups is 1. The largest absolute Gasteiger partial charge is 1.00 e. The maximum Gasteiger partial charge on any atom is 0.406 e. The quantitative estimate of drug-likeness (QED) is 0.409. The summed E-state index contributed by atoms with van der Waals surface area (Å²) in [5.74, 6) is 0. The Balaban J connectivity index is 0.00000196. The van der Waals surface area contributed by atoms with Crippen molar-refractivity contribution in [3.8, 4) is 0 Å². The van der Waals surface area contributed by atoms with Crippen LogP contribution < -0.4 is 12.4 Å². The van der Waals surface area contributed by atoms with E-state index in [-0.39, 0.29) is 18.1 Å². The van der Waals surface area contributed by atoms with E-state index >= 15 is 0 Å². The van der Waals surface area contributed by atoms with Gasteiger partial charge in [0.25, 0.3) is 0 Å². The molecular weight excluding hydrogens is 355 g/mol. The predicted molar refractivity (Wildman–Crippen MR) is 58.5 cm³/mol. The Labute approximate surface area is 107 Å². The van der Waals surface area contributed by atoms with Crippen LogP contribution in [0.5, 0.6) is 0 Å². The SMILES string of the molecule is Cc1cc([N+]#N)c(S(=O)(=O)O)cc1I.[Cl-]. The van der Waals surface area contributed by atoms with Crippen LogP contribution in [0.15, 0.2) is 17.0 Å². The molecule has 0 atom stereocenters. The van der Waals surface area contributed by atoms with Gasteiger partial charge in [0.05, 0.1) is 0 Å². The van der Waals surface area contributed by atoms with E-state index in [2.05, 4.69) is 4.98 Å². The Kier molecular flexibility index (Phi) is 4.92. The molecule has 1 N–H and O–H groups in total. The van der Waals surface area contributed by atoms with Gasteiger partial charge in [-0.3, -0.25) is 4.55 Å². The van der Waals surface area contributed by atoms with Crippen molar-refractivity contribution in [1.82, 2.24) is 0 Å². The molecule has 5 nitrogen and oxygen atoms in total. The normalized spacial score (nSPS) is 10.3. The van der Waals surface area contributed by atoms with E-state index in [0.717, 1.165) is 5.56 Å². The lowest BCUT2D eigenvalue weighted by atomic mass is 10.2. The van der Waals surface area contributed by atoms with Crippen molar-refractivity contribution in [3.63, 3.8) is 0 Å². The van der Waals surface area contributed by atoms with Gasteiger partial charge in [-0.15, -0.1) is 0 Å². The number of nitrogens with zero attached hydrogens (tertiary/aromatic N) is 2. The summed E-state index contributed by atoms with van der Waals surface area (Å²) in [4.78, 5) is 2.40. The molecule has 15 heavy (non-hydrogen) atoms. The third kappa shape index (κ3) is 3.27. The summed E-state index contributed by atoms with van der Waals surface area (Å²) in [5.41, 5.74) is 0.608. The monoisotopic (exact) mass is 360 g/mol. The standard InChI is InChI=1S/C7H5IN2O3S.ClH/c1-4-2-6(10-9)7(3-5(4)8)14(11,12)13;/h2-3H,1H3;1H. The number of halogens is 2. The van der Waals surface area contributed by atoms with Crippen LogP contribution in [0.25, 0.3) is 4.98 Å². The number of aryl methyl sites for hydroxylation is 1. The second-order valence-corrected chi connectivity index (χ2v) is 5.20. The molecule has 0 heterocycles. The van der Waals surface area contributed by atoms with Gasteiger partial charge in [0.15, 0.2) is 9.87 Å². The van der Waals surface area contributed by atoms with Crippen LogP contribution in [0.1, 0.15) is 5.56 Å². The van der Waals surface area contributed by atoms with E-state index < -0.39 is 15.0 Å². The first-order chi connectivity index (χ1) is 6.36. The van der Waals surface area contributed by atoms with Crippen molar-refractivity contribution in [3.05, 3.63) is 26.2 Å². The zero-order valence-electron chi connectivity index (χ0n) is 7.48. The lowest BCUT2D eigenvalue weighted by Gasteiger charge is -1.97. The van der Waals surface area contributed by atoms with Crippen LogP contribution >= 0.6 is 22.6 Å². The molecular formula is C7H6ClIN2O3S. The van der Waals surface area contributed by atoms with Crippen LogP contribution in [-0.4, -0.2) is 13.0 Å². The summed E-state index contributed by atoms with van der Waals surface area (Å²) in [5, 5.41) is 8.54. The predicted octanol–water partition coefficient (Wildman–Crippen LogP) is -0.665. The van der Waals surface area contributed by atoms with Crippen molar-refractivity contribution in [2.24, 2.45) is 0 Å². The first-order valence-corrected chi connectivity index (χ1v) is 6.01. The minimum Gasteiger partial charge on any atom is -1.00 e. The van der Waals surface area contributed by atoms with Crippen LogP contribution in [-0.2, 0) is 10.1 Å². The van der Waals surface area contributed by atoms with Gasteiger partial charge in [-0.05, 0) is 41.1 Å². The van der Waals surface area contributed by atoms with Gasteiger partial charge in [-0.2, -0.15) is 8.42 Å². The van der Waals surface area contributed by atoms with Crippen LogP contribution in [0.2, 0.25) is 0 Å². The van der Waals surface area contributed by atoms with E-state index in [4.69, 9.17) is 9.95 Å². The molecule has 0 amide bonds. The molecule has 0 aromatic heterocycles. The summed E-state index contributed by atoms with van der Waals surface area (Å²) < 4.78 is 31.2. The first-order valence-electron chi connectivity index (χ1n) is 3.49. The molecule has 0 bridgehead atoms. The van der Waals surface area contributed by atoms with Gasteiger partial charge >= 0.3 is 15.8 Å². The highest BCUT2D eigenvalue weighted by Gasteiger charge is 2.25. The molecule has 0 unspecified atom stereocenters. The average Bonchev–Trinajstić information content (AvgIpc) is 2.07. The highest BCUT2D eigenvalue weighted by atomic mass is 127. The Hall–Kier alpha value is -0.430. The molecule has 0 aliphatic rings. The van der Waals surface area contributed by atoms with Crippen LogP contribution in [0.4, 0.5) is 5.69 Å². The van der Waals surface area contributed by atoms with Crippen molar-refractivity contribution >= 4 is 38.4 Å². The molecule has 0 aliphatic heterocycles. The fraction of sp³-hybridized carbons (Fsp3) is 0.143. The third-order valence-corrected chi connectivity index (χ3v) is 3.67. The van der Waals surface area contributed by atoms with Crippen LogP contribution in [0.3, 0.4) is 0 Å². The summed E-state index contributed by atoms with van der Waals surface area (Å²) in [6.45, 7) is 1.74. The number of rotatable bonds is 1. The molecule has 1 rings (SSSR count). The van der Waals surface area contributed by atoms with Crippen molar-refractivity contribution in [1.29, 1.82) is 5.39 Å². The van der Waals surface area contributed by atoms with E-state index in [1.807, 2.05) is 22.6 Å². The molecule has 8 heteroatoms. The lowest BCUT2D eigenvalue weighted by Crippen LogP contribution is -3.00. The molecule has 0 saturated heterocycles. The van der Waals surface area contributed by atoms with E-state index in [0.29, 0.717) is 3.57 Å². The molecule has 0 aliphatic carbocycles. The Morgan fingerprint density at radius 3 is 2.40 bits per heavy atom. The van der Waals surface area contributed by atoms with Crippen molar-refractivity contribution < 1.29 is 25.4 Å². The van der Waals surface area contributed by atoms with Crippen LogP contribution in [0, 0.1) is 15.9 Å². The highest BCUT2D eigenvalue weighted by molar-refractivity contribution is 14.1. The van der Waals surface area contributed by atoms with Gasteiger partial charge in [-0.25, -0.2) is 0 Å². The maximum absolute atomic E-state index is 10.9. The van der Waals surface area contributed by atoms with Crippen molar-refractivity contribution in [2.75, 3.05) is 0 Å². The number of hydrogen-bond acceptors (Lipinski definition) is 3. The average molecular weight is 361 g/mol. The fourth-order valence-electron chi connectivity index (χ4n) is 0.933. The van der Waals surface area contributed by atoms with Gasteiger partial charge in [0.2, 0.25) is 5.39 Å². The minimum absolute atomic E-state index is 0. The second kappa shape index (κ2) is 5.07. The molecule has 0 fully saturated rings. The summed E-state index contributed by atoms with van der Waals surface area (Å²) >= 11 is 1.92. The van der Waals surface area contributed by atoms with Crippen molar-refractivity contribution in [2.45, 2.75) is 11.8 Å². The first kappa shape index (κ1) is 14.6. The Bertz CT molecular complexity index is 524. The molecule has 82 valence electrons. The van der Waals surface area contributed by atoms with Gasteiger partial charge in [0, 0.05) is 9.64 Å². The molecule has 1 aromatic carbocycles. The van der Waals surface area contributed by atoms with E-state index in [1.54, 1.807) is 6.92 Å². The zero-order chi connectivity index (χ0) is 10.9. The topological polar surface area (TPSA) is 82.5 Å². The summed E-state index contributed by atoms with van der Waals surface area (Å²) in [6.07, 6.45) is 0. The number of benzene rings is 1. The number of hydrogen-bond donors (Lipinski definition) is 1. The zero-order valence-corrected chi connectivity index (χ0v) is 11.2. The maximum atomic E-state index is 10.9. The summed E-state index contributed by atoms with van der Waals surface area (Å²) in [7, 11) is -4.34. The van der Waals surface area contributed by atoms with E-state index in [9.17, 15) is 8.42 Å². The lowest BCUT2D eigenvalue weighted by molar-refractivity contribution is -0.00000722. The summed E-state index contributed by atoms with van der Waals surface area (Å²) in [6, 6.07) is 2.63. The molecule has 0 saturated carbocycles. The Morgan fingerprint density at radius 1 is 1.47 bits per heavy atom. The highest BCUT2D eigenvalue weighted by Crippen LogP contribution is 2.28. The fourth-order valence-corrected chi connectivity index (χ4v) is 2.24. The second-order valence-electron chi connectivity index (χ2n) is 2.64. The smallest absolute Gasteiger partial charge is 0.406 e. The van der Waals surface area contributed by atoms with Gasteiger partial charge in [0.1, 0.15) is 0 Å². The van der Waals surface area contributed by atoms with E-state index in [1.165, 1.54) is 12.1 Å². The van der Waals surface area contributed by atoms with Gasteiger partial charge < -0.3 is 12.4 Å².